The number of hydrogen-bond donors (Lipinski definition) is 1. The van der Waals surface area contributed by atoms with Crippen LogP contribution in [0.1, 0.15) is 33.4 Å². The van der Waals surface area contributed by atoms with Gasteiger partial charge in [-0.3, -0.25) is 9.59 Å². The van der Waals surface area contributed by atoms with E-state index in [1.165, 1.54) is 6.92 Å². The highest BCUT2D eigenvalue weighted by Crippen LogP contribution is 2.25. The van der Waals surface area contributed by atoms with Crippen molar-refractivity contribution in [1.82, 2.24) is 0 Å². The third kappa shape index (κ3) is 2.51. The molecule has 0 aliphatic rings. The SMILES string of the molecule is CC(=O)c1ccc(NC(=O)c2oc3ccccc3c2C)cc1. The molecule has 0 radical (unpaired) electrons. The fourth-order valence-electron chi connectivity index (χ4n) is 2.37. The number of benzene rings is 2. The molecule has 0 atom stereocenters. The van der Waals surface area contributed by atoms with Crippen LogP contribution in [-0.4, -0.2) is 11.7 Å². The minimum atomic E-state index is -0.302. The third-order valence-corrected chi connectivity index (χ3v) is 3.60. The van der Waals surface area contributed by atoms with Gasteiger partial charge in [-0.2, -0.15) is 0 Å². The van der Waals surface area contributed by atoms with Gasteiger partial charge in [0.2, 0.25) is 0 Å². The molecule has 0 aliphatic heterocycles. The average Bonchev–Trinajstić information content (AvgIpc) is 2.85. The second kappa shape index (κ2) is 5.48. The van der Waals surface area contributed by atoms with Crippen molar-refractivity contribution in [2.45, 2.75) is 13.8 Å². The lowest BCUT2D eigenvalue weighted by atomic mass is 10.1. The minimum Gasteiger partial charge on any atom is -0.451 e. The van der Waals surface area contributed by atoms with Crippen LogP contribution in [0.2, 0.25) is 0 Å². The van der Waals surface area contributed by atoms with Gasteiger partial charge in [-0.15, -0.1) is 0 Å². The molecule has 4 nitrogen and oxygen atoms in total. The first-order valence-corrected chi connectivity index (χ1v) is 6.97. The summed E-state index contributed by atoms with van der Waals surface area (Å²) < 4.78 is 5.63. The second-order valence-corrected chi connectivity index (χ2v) is 5.14. The van der Waals surface area contributed by atoms with E-state index >= 15 is 0 Å². The Morgan fingerprint density at radius 2 is 1.68 bits per heavy atom. The number of rotatable bonds is 3. The summed E-state index contributed by atoms with van der Waals surface area (Å²) >= 11 is 0. The molecule has 1 heterocycles. The lowest BCUT2D eigenvalue weighted by Gasteiger charge is -2.04. The first-order valence-electron chi connectivity index (χ1n) is 6.97. The molecule has 0 saturated carbocycles. The van der Waals surface area contributed by atoms with Crippen LogP contribution < -0.4 is 5.32 Å². The summed E-state index contributed by atoms with van der Waals surface area (Å²) in [6.45, 7) is 3.37. The fourth-order valence-corrected chi connectivity index (χ4v) is 2.37. The standard InChI is InChI=1S/C18H15NO3/c1-11-15-5-3-4-6-16(15)22-17(11)18(21)19-14-9-7-13(8-10-14)12(2)20/h3-10H,1-2H3,(H,19,21). The molecule has 2 aromatic carbocycles. The van der Waals surface area contributed by atoms with Gasteiger partial charge in [0, 0.05) is 22.2 Å². The Balaban J connectivity index is 1.87. The molecule has 4 heteroatoms. The Morgan fingerprint density at radius 1 is 1.00 bits per heavy atom. The maximum atomic E-state index is 12.4. The molecule has 22 heavy (non-hydrogen) atoms. The number of carbonyl (C=O) groups is 2. The van der Waals surface area contributed by atoms with E-state index in [2.05, 4.69) is 5.32 Å². The highest BCUT2D eigenvalue weighted by molar-refractivity contribution is 6.06. The van der Waals surface area contributed by atoms with Crippen molar-refractivity contribution in [1.29, 1.82) is 0 Å². The predicted molar refractivity (Wildman–Crippen MR) is 85.4 cm³/mol. The van der Waals surface area contributed by atoms with Crippen LogP contribution in [0.4, 0.5) is 5.69 Å². The zero-order chi connectivity index (χ0) is 15.7. The van der Waals surface area contributed by atoms with E-state index in [-0.39, 0.29) is 11.7 Å². The molecule has 3 aromatic rings. The van der Waals surface area contributed by atoms with Crippen LogP contribution >= 0.6 is 0 Å². The maximum absolute atomic E-state index is 12.4. The van der Waals surface area contributed by atoms with E-state index in [9.17, 15) is 9.59 Å². The number of carbonyl (C=O) groups excluding carboxylic acids is 2. The molecule has 0 unspecified atom stereocenters. The average molecular weight is 293 g/mol. The van der Waals surface area contributed by atoms with Crippen LogP contribution in [-0.2, 0) is 0 Å². The number of furan rings is 1. The van der Waals surface area contributed by atoms with Crippen LogP contribution in [0.3, 0.4) is 0 Å². The summed E-state index contributed by atoms with van der Waals surface area (Å²) in [5.74, 6) is -0.00729. The number of para-hydroxylation sites is 1. The molecule has 0 fully saturated rings. The van der Waals surface area contributed by atoms with E-state index in [4.69, 9.17) is 4.42 Å². The van der Waals surface area contributed by atoms with Gasteiger partial charge in [-0.25, -0.2) is 0 Å². The lowest BCUT2D eigenvalue weighted by molar-refractivity contribution is 0.0995. The van der Waals surface area contributed by atoms with Crippen molar-refractivity contribution in [2.75, 3.05) is 5.32 Å². The number of ketones is 1. The van der Waals surface area contributed by atoms with E-state index < -0.39 is 0 Å². The Hall–Kier alpha value is -2.88. The monoisotopic (exact) mass is 293 g/mol. The normalized spacial score (nSPS) is 10.6. The molecule has 0 spiro atoms. The molecule has 1 amide bonds. The number of Topliss-reactive ketones (excluding diaryl/α,β-unsaturated/α-hetero) is 1. The van der Waals surface area contributed by atoms with Crippen molar-refractivity contribution in [3.05, 3.63) is 65.4 Å². The van der Waals surface area contributed by atoms with E-state index in [0.717, 1.165) is 10.9 Å². The number of aryl methyl sites for hydroxylation is 1. The molecule has 0 bridgehead atoms. The highest BCUT2D eigenvalue weighted by Gasteiger charge is 2.17. The van der Waals surface area contributed by atoms with E-state index in [1.807, 2.05) is 31.2 Å². The maximum Gasteiger partial charge on any atom is 0.291 e. The summed E-state index contributed by atoms with van der Waals surface area (Å²) in [6, 6.07) is 14.3. The Kier molecular flexibility index (Phi) is 3.51. The zero-order valence-corrected chi connectivity index (χ0v) is 12.3. The Morgan fingerprint density at radius 3 is 2.32 bits per heavy atom. The third-order valence-electron chi connectivity index (χ3n) is 3.60. The quantitative estimate of drug-likeness (QED) is 0.736. The number of hydrogen-bond acceptors (Lipinski definition) is 3. The smallest absolute Gasteiger partial charge is 0.291 e. The Bertz CT molecular complexity index is 860. The van der Waals surface area contributed by atoms with Crippen LogP contribution in [0, 0.1) is 6.92 Å². The largest absolute Gasteiger partial charge is 0.451 e. The van der Waals surface area contributed by atoms with E-state index in [0.29, 0.717) is 22.6 Å². The Labute approximate surface area is 127 Å². The summed E-state index contributed by atoms with van der Waals surface area (Å²) in [6.07, 6.45) is 0. The summed E-state index contributed by atoms with van der Waals surface area (Å²) in [5, 5.41) is 3.71. The molecule has 110 valence electrons. The van der Waals surface area contributed by atoms with E-state index in [1.54, 1.807) is 24.3 Å². The van der Waals surface area contributed by atoms with Crippen LogP contribution in [0.25, 0.3) is 11.0 Å². The molecule has 1 N–H and O–H groups in total. The van der Waals surface area contributed by atoms with Gasteiger partial charge in [0.05, 0.1) is 0 Å². The molecule has 1 aromatic heterocycles. The van der Waals surface area contributed by atoms with Gasteiger partial charge in [-0.1, -0.05) is 18.2 Å². The van der Waals surface area contributed by atoms with Gasteiger partial charge in [-0.05, 0) is 44.2 Å². The summed E-state index contributed by atoms with van der Waals surface area (Å²) in [7, 11) is 0. The number of anilines is 1. The van der Waals surface area contributed by atoms with Gasteiger partial charge in [0.15, 0.2) is 11.5 Å². The van der Waals surface area contributed by atoms with Gasteiger partial charge in [0.25, 0.3) is 5.91 Å². The molecular formula is C18H15NO3. The highest BCUT2D eigenvalue weighted by atomic mass is 16.3. The van der Waals surface area contributed by atoms with Crippen LogP contribution in [0.5, 0.6) is 0 Å². The van der Waals surface area contributed by atoms with Gasteiger partial charge >= 0.3 is 0 Å². The zero-order valence-electron chi connectivity index (χ0n) is 12.3. The molecule has 0 saturated heterocycles. The molecule has 3 rings (SSSR count). The first kappa shape index (κ1) is 14.1. The molecular weight excluding hydrogens is 278 g/mol. The van der Waals surface area contributed by atoms with Crippen molar-refractivity contribution >= 4 is 28.3 Å². The van der Waals surface area contributed by atoms with Crippen molar-refractivity contribution < 1.29 is 14.0 Å². The summed E-state index contributed by atoms with van der Waals surface area (Å²) in [4.78, 5) is 23.6. The van der Waals surface area contributed by atoms with Crippen molar-refractivity contribution in [3.63, 3.8) is 0 Å². The molecule has 0 aliphatic carbocycles. The minimum absolute atomic E-state index is 0.00833. The number of amides is 1. The van der Waals surface area contributed by atoms with Crippen molar-refractivity contribution in [2.24, 2.45) is 0 Å². The van der Waals surface area contributed by atoms with Gasteiger partial charge < -0.3 is 9.73 Å². The number of fused-ring (bicyclic) bond motifs is 1. The van der Waals surface area contributed by atoms with Crippen molar-refractivity contribution in [3.8, 4) is 0 Å². The topological polar surface area (TPSA) is 59.3 Å². The van der Waals surface area contributed by atoms with Crippen LogP contribution in [0.15, 0.2) is 52.9 Å². The predicted octanol–water partition coefficient (Wildman–Crippen LogP) is 4.20. The number of nitrogens with one attached hydrogen (secondary N) is 1. The second-order valence-electron chi connectivity index (χ2n) is 5.14. The summed E-state index contributed by atoms with van der Waals surface area (Å²) in [5.41, 5.74) is 2.73. The first-order chi connectivity index (χ1) is 10.6. The van der Waals surface area contributed by atoms with Gasteiger partial charge in [0.1, 0.15) is 5.58 Å². The fraction of sp³-hybridized carbons (Fsp3) is 0.111. The lowest BCUT2D eigenvalue weighted by Crippen LogP contribution is -2.12.